The highest BCUT2D eigenvalue weighted by molar-refractivity contribution is 6.32. The van der Waals surface area contributed by atoms with Gasteiger partial charge >= 0.3 is 6.61 Å². The maximum Gasteiger partial charge on any atom is 0.387 e. The number of halogens is 7. The molecule has 0 saturated heterocycles. The molecule has 0 aliphatic carbocycles. The van der Waals surface area contributed by atoms with Crippen molar-refractivity contribution in [2.75, 3.05) is 5.32 Å². The van der Waals surface area contributed by atoms with Gasteiger partial charge in [-0.05, 0) is 24.3 Å². The summed E-state index contributed by atoms with van der Waals surface area (Å²) in [5, 5.41) is 4.85. The van der Waals surface area contributed by atoms with Crippen LogP contribution in [0, 0.1) is 0 Å². The first-order chi connectivity index (χ1) is 14.7. The van der Waals surface area contributed by atoms with Gasteiger partial charge in [0.15, 0.2) is 5.76 Å². The average molecular weight is 468 g/mol. The molecule has 1 amide bonds. The Morgan fingerprint density at radius 1 is 1.10 bits per heavy atom. The highest BCUT2D eigenvalue weighted by Gasteiger charge is 2.28. The number of para-hydroxylation sites is 2. The molecule has 0 spiro atoms. The summed E-state index contributed by atoms with van der Waals surface area (Å²) in [4.78, 5) is 12.3. The van der Waals surface area contributed by atoms with E-state index in [-0.39, 0.29) is 23.0 Å². The van der Waals surface area contributed by atoms with Gasteiger partial charge in [-0.25, -0.2) is 17.6 Å². The van der Waals surface area contributed by atoms with Gasteiger partial charge in [-0.3, -0.25) is 9.48 Å². The van der Waals surface area contributed by atoms with Crippen molar-refractivity contribution in [1.29, 1.82) is 0 Å². The molecule has 0 aliphatic heterocycles. The summed E-state index contributed by atoms with van der Waals surface area (Å²) in [5.74, 6) is -1.50. The number of aromatic nitrogens is 2. The minimum atomic E-state index is -3.18. The third-order valence-electron chi connectivity index (χ3n) is 3.91. The summed E-state index contributed by atoms with van der Waals surface area (Å²) < 4.78 is 87.3. The standard InChI is InChI=1S/C18H12ClF6N3O3/c19-12-13(15(20)21)27-28(14(12)16(22)23)7-8-5-6-11(30-8)17(29)26-9-3-1-2-4-10(9)31-18(24)25/h1-6,15-16,18H,7H2,(H,26,29). The fourth-order valence-electron chi connectivity index (χ4n) is 2.63. The van der Waals surface area contributed by atoms with Gasteiger partial charge in [0.05, 0.1) is 17.3 Å². The van der Waals surface area contributed by atoms with Crippen LogP contribution in [-0.4, -0.2) is 22.3 Å². The third-order valence-corrected chi connectivity index (χ3v) is 4.30. The predicted octanol–water partition coefficient (Wildman–Crippen LogP) is 5.91. The van der Waals surface area contributed by atoms with Crippen LogP contribution in [0.1, 0.15) is 40.6 Å². The Bertz CT molecular complexity index is 1070. The number of furan rings is 1. The van der Waals surface area contributed by atoms with Crippen LogP contribution in [0.15, 0.2) is 40.8 Å². The second kappa shape index (κ2) is 9.33. The van der Waals surface area contributed by atoms with E-state index >= 15 is 0 Å². The van der Waals surface area contributed by atoms with Crippen molar-refractivity contribution in [1.82, 2.24) is 9.78 Å². The molecule has 2 heterocycles. The largest absolute Gasteiger partial charge is 0.454 e. The normalized spacial score (nSPS) is 11.5. The monoisotopic (exact) mass is 467 g/mol. The summed E-state index contributed by atoms with van der Waals surface area (Å²) in [6, 6.07) is 7.83. The molecule has 0 atom stereocenters. The highest BCUT2D eigenvalue weighted by Crippen LogP contribution is 2.35. The van der Waals surface area contributed by atoms with E-state index < -0.39 is 48.3 Å². The first kappa shape index (κ1) is 22.5. The maximum absolute atomic E-state index is 13.2. The van der Waals surface area contributed by atoms with Crippen LogP contribution in [0.2, 0.25) is 5.02 Å². The van der Waals surface area contributed by atoms with E-state index in [9.17, 15) is 31.1 Å². The highest BCUT2D eigenvalue weighted by atomic mass is 35.5. The van der Waals surface area contributed by atoms with Gasteiger partial charge in [-0.15, -0.1) is 0 Å². The molecule has 2 aromatic heterocycles. The minimum Gasteiger partial charge on any atom is -0.454 e. The molecular formula is C18H12ClF6N3O3. The topological polar surface area (TPSA) is 69.3 Å². The van der Waals surface area contributed by atoms with Gasteiger partial charge < -0.3 is 14.5 Å². The summed E-state index contributed by atoms with van der Waals surface area (Å²) >= 11 is 5.58. The summed E-state index contributed by atoms with van der Waals surface area (Å²) in [6.07, 6.45) is -6.35. The Balaban J connectivity index is 1.79. The minimum absolute atomic E-state index is 0.0637. The number of carbonyl (C=O) groups excluding carboxylic acids is 1. The summed E-state index contributed by atoms with van der Waals surface area (Å²) in [5.41, 5.74) is -1.99. The molecule has 0 bridgehead atoms. The molecule has 0 saturated carbocycles. The Hall–Kier alpha value is -3.15. The molecule has 31 heavy (non-hydrogen) atoms. The lowest BCUT2D eigenvalue weighted by molar-refractivity contribution is -0.0493. The van der Waals surface area contributed by atoms with Crippen molar-refractivity contribution < 1.29 is 40.3 Å². The number of ether oxygens (including phenoxy) is 1. The fraction of sp³-hybridized carbons (Fsp3) is 0.222. The number of hydrogen-bond donors (Lipinski definition) is 1. The summed E-state index contributed by atoms with van der Waals surface area (Å²) in [6.45, 7) is -3.62. The van der Waals surface area contributed by atoms with E-state index in [1.165, 1.54) is 36.4 Å². The predicted molar refractivity (Wildman–Crippen MR) is 96.0 cm³/mol. The van der Waals surface area contributed by atoms with Gasteiger partial charge in [-0.2, -0.15) is 13.9 Å². The zero-order valence-corrected chi connectivity index (χ0v) is 15.9. The number of benzene rings is 1. The van der Waals surface area contributed by atoms with Crippen LogP contribution >= 0.6 is 11.6 Å². The van der Waals surface area contributed by atoms with Crippen molar-refractivity contribution in [3.8, 4) is 5.75 Å². The zero-order chi connectivity index (χ0) is 22.7. The number of anilines is 1. The number of amides is 1. The van der Waals surface area contributed by atoms with Gasteiger partial charge in [0.25, 0.3) is 18.8 Å². The lowest BCUT2D eigenvalue weighted by Gasteiger charge is -2.10. The smallest absolute Gasteiger partial charge is 0.387 e. The molecule has 0 aliphatic rings. The molecule has 1 N–H and O–H groups in total. The fourth-order valence-corrected chi connectivity index (χ4v) is 2.93. The lowest BCUT2D eigenvalue weighted by Crippen LogP contribution is -2.13. The third kappa shape index (κ3) is 5.13. The molecule has 3 aromatic rings. The summed E-state index contributed by atoms with van der Waals surface area (Å²) in [7, 11) is 0. The number of nitrogens with one attached hydrogen (secondary N) is 1. The van der Waals surface area contributed by atoms with Crippen molar-refractivity contribution >= 4 is 23.2 Å². The van der Waals surface area contributed by atoms with Crippen LogP contribution in [0.5, 0.6) is 5.75 Å². The first-order valence-corrected chi connectivity index (χ1v) is 8.81. The van der Waals surface area contributed by atoms with Crippen molar-refractivity contribution in [2.45, 2.75) is 26.0 Å². The molecule has 0 radical (unpaired) electrons. The van der Waals surface area contributed by atoms with Gasteiger partial charge in [0.2, 0.25) is 0 Å². The lowest BCUT2D eigenvalue weighted by atomic mass is 10.3. The SMILES string of the molecule is O=C(Nc1ccccc1OC(F)F)c1ccc(Cn2nc(C(F)F)c(Cl)c2C(F)F)o1. The van der Waals surface area contributed by atoms with E-state index in [1.807, 2.05) is 0 Å². The number of alkyl halides is 6. The molecule has 6 nitrogen and oxygen atoms in total. The number of nitrogens with zero attached hydrogens (tertiary/aromatic N) is 2. The van der Waals surface area contributed by atoms with Crippen LogP contribution in [-0.2, 0) is 6.54 Å². The van der Waals surface area contributed by atoms with Crippen molar-refractivity contribution in [3.63, 3.8) is 0 Å². The second-order valence-electron chi connectivity index (χ2n) is 5.94. The van der Waals surface area contributed by atoms with Gasteiger partial charge in [0, 0.05) is 0 Å². The number of hydrogen-bond acceptors (Lipinski definition) is 4. The first-order valence-electron chi connectivity index (χ1n) is 8.43. The zero-order valence-electron chi connectivity index (χ0n) is 15.2. The number of carbonyl (C=O) groups is 1. The molecule has 0 unspecified atom stereocenters. The van der Waals surface area contributed by atoms with E-state index in [0.29, 0.717) is 4.68 Å². The molecule has 3 rings (SSSR count). The maximum atomic E-state index is 13.2. The molecule has 13 heteroatoms. The van der Waals surface area contributed by atoms with Gasteiger partial charge in [0.1, 0.15) is 22.9 Å². The Kier molecular flexibility index (Phi) is 6.78. The molecular weight excluding hydrogens is 456 g/mol. The van der Waals surface area contributed by atoms with E-state index in [2.05, 4.69) is 15.2 Å². The van der Waals surface area contributed by atoms with Crippen LogP contribution in [0.25, 0.3) is 0 Å². The van der Waals surface area contributed by atoms with Crippen LogP contribution < -0.4 is 10.1 Å². The molecule has 1 aromatic carbocycles. The van der Waals surface area contributed by atoms with Crippen molar-refractivity contribution in [3.05, 3.63) is 64.3 Å². The van der Waals surface area contributed by atoms with E-state index in [0.717, 1.165) is 0 Å². The Labute approximate surface area is 175 Å². The Morgan fingerprint density at radius 3 is 2.45 bits per heavy atom. The average Bonchev–Trinajstić information content (AvgIpc) is 3.27. The Morgan fingerprint density at radius 2 is 1.81 bits per heavy atom. The van der Waals surface area contributed by atoms with E-state index in [4.69, 9.17) is 16.0 Å². The molecule has 166 valence electrons. The molecule has 0 fully saturated rings. The van der Waals surface area contributed by atoms with Crippen LogP contribution in [0.4, 0.5) is 32.0 Å². The second-order valence-corrected chi connectivity index (χ2v) is 6.32. The number of rotatable bonds is 8. The van der Waals surface area contributed by atoms with Crippen molar-refractivity contribution in [2.24, 2.45) is 0 Å². The van der Waals surface area contributed by atoms with Gasteiger partial charge in [-0.1, -0.05) is 23.7 Å². The van der Waals surface area contributed by atoms with Crippen LogP contribution in [0.3, 0.4) is 0 Å². The quantitative estimate of drug-likeness (QED) is 0.418. The van der Waals surface area contributed by atoms with E-state index in [1.54, 1.807) is 0 Å².